The van der Waals surface area contributed by atoms with Crippen molar-refractivity contribution in [2.24, 2.45) is 7.05 Å². The summed E-state index contributed by atoms with van der Waals surface area (Å²) in [5, 5.41) is 18.1. The number of aryl methyl sites for hydroxylation is 1. The van der Waals surface area contributed by atoms with Crippen molar-refractivity contribution in [3.63, 3.8) is 0 Å². The molecule has 3 aromatic rings. The quantitative estimate of drug-likeness (QED) is 0.656. The van der Waals surface area contributed by atoms with Crippen molar-refractivity contribution in [2.75, 3.05) is 25.2 Å². The first kappa shape index (κ1) is 20.3. The van der Waals surface area contributed by atoms with Crippen LogP contribution >= 0.6 is 0 Å². The standard InChI is InChI=1S/C20H23N5O4/c1-14(15-5-4-6-16(11-15)24(20(27)28)9-10-29-3)19-18(26)7-8-25(22-19)17-12-21-23(2)13-17/h4-8,11-14H,9-10H2,1-3H3,(H,27,28)/t14-/m1/s1. The molecule has 0 aliphatic carbocycles. The molecule has 152 valence electrons. The number of aromatic nitrogens is 4. The van der Waals surface area contributed by atoms with Crippen LogP contribution in [0, 0.1) is 0 Å². The second kappa shape index (κ2) is 8.70. The molecule has 2 heterocycles. The summed E-state index contributed by atoms with van der Waals surface area (Å²) in [5.74, 6) is -0.329. The highest BCUT2D eigenvalue weighted by molar-refractivity contribution is 5.86. The van der Waals surface area contributed by atoms with Crippen LogP contribution in [0.2, 0.25) is 0 Å². The number of ether oxygens (including phenoxy) is 1. The van der Waals surface area contributed by atoms with E-state index in [-0.39, 0.29) is 24.5 Å². The fourth-order valence-electron chi connectivity index (χ4n) is 3.03. The van der Waals surface area contributed by atoms with Crippen molar-refractivity contribution < 1.29 is 14.6 Å². The van der Waals surface area contributed by atoms with Gasteiger partial charge in [0.15, 0.2) is 0 Å². The number of carbonyl (C=O) groups is 1. The Morgan fingerprint density at radius 1 is 1.34 bits per heavy atom. The number of nitrogens with zero attached hydrogens (tertiary/aromatic N) is 5. The molecule has 9 nitrogen and oxygen atoms in total. The normalized spacial score (nSPS) is 12.0. The van der Waals surface area contributed by atoms with Crippen molar-refractivity contribution in [1.82, 2.24) is 19.6 Å². The van der Waals surface area contributed by atoms with Gasteiger partial charge in [-0.3, -0.25) is 14.4 Å². The number of benzene rings is 1. The van der Waals surface area contributed by atoms with E-state index in [0.29, 0.717) is 11.4 Å². The molecule has 1 amide bonds. The zero-order valence-electron chi connectivity index (χ0n) is 16.5. The van der Waals surface area contributed by atoms with E-state index < -0.39 is 6.09 Å². The Morgan fingerprint density at radius 3 is 2.79 bits per heavy atom. The summed E-state index contributed by atoms with van der Waals surface area (Å²) in [7, 11) is 3.33. The smallest absolute Gasteiger partial charge is 0.411 e. The van der Waals surface area contributed by atoms with Gasteiger partial charge in [0.2, 0.25) is 5.43 Å². The molecule has 0 saturated heterocycles. The van der Waals surface area contributed by atoms with Crippen LogP contribution in [0.1, 0.15) is 24.1 Å². The summed E-state index contributed by atoms with van der Waals surface area (Å²) < 4.78 is 8.26. The maximum absolute atomic E-state index is 12.5. The topological polar surface area (TPSA) is 102 Å². The Kier molecular flexibility index (Phi) is 6.08. The number of rotatable bonds is 7. The van der Waals surface area contributed by atoms with E-state index >= 15 is 0 Å². The van der Waals surface area contributed by atoms with Crippen LogP contribution in [0.3, 0.4) is 0 Å². The Labute approximate surface area is 167 Å². The molecule has 0 fully saturated rings. The first-order valence-electron chi connectivity index (χ1n) is 9.09. The van der Waals surface area contributed by atoms with Gasteiger partial charge in [0.25, 0.3) is 0 Å². The van der Waals surface area contributed by atoms with Crippen LogP contribution < -0.4 is 10.3 Å². The van der Waals surface area contributed by atoms with Crippen LogP contribution in [0.15, 0.2) is 53.7 Å². The summed E-state index contributed by atoms with van der Waals surface area (Å²) in [6.07, 6.45) is 3.99. The number of anilines is 1. The molecule has 9 heteroatoms. The molecule has 0 aliphatic rings. The summed E-state index contributed by atoms with van der Waals surface area (Å²) in [4.78, 5) is 25.3. The minimum atomic E-state index is -1.07. The average molecular weight is 397 g/mol. The van der Waals surface area contributed by atoms with Gasteiger partial charge in [0.1, 0.15) is 11.4 Å². The molecule has 3 rings (SSSR count). The zero-order valence-corrected chi connectivity index (χ0v) is 16.5. The highest BCUT2D eigenvalue weighted by Crippen LogP contribution is 2.25. The highest BCUT2D eigenvalue weighted by Gasteiger charge is 2.19. The van der Waals surface area contributed by atoms with Gasteiger partial charge < -0.3 is 9.84 Å². The highest BCUT2D eigenvalue weighted by atomic mass is 16.5. The third kappa shape index (κ3) is 4.52. The van der Waals surface area contributed by atoms with Crippen LogP contribution in [-0.2, 0) is 11.8 Å². The molecule has 0 unspecified atom stereocenters. The Bertz CT molecular complexity index is 1060. The Morgan fingerprint density at radius 2 is 2.14 bits per heavy atom. The van der Waals surface area contributed by atoms with Gasteiger partial charge in [-0.2, -0.15) is 10.2 Å². The Balaban J connectivity index is 1.95. The molecule has 29 heavy (non-hydrogen) atoms. The lowest BCUT2D eigenvalue weighted by atomic mass is 9.96. The second-order valence-electron chi connectivity index (χ2n) is 6.63. The fourth-order valence-corrected chi connectivity index (χ4v) is 3.03. The molecular formula is C20H23N5O4. The van der Waals surface area contributed by atoms with Crippen molar-refractivity contribution in [1.29, 1.82) is 0 Å². The number of methoxy groups -OCH3 is 1. The molecule has 1 N–H and O–H groups in total. The lowest BCUT2D eigenvalue weighted by molar-refractivity contribution is 0.186. The summed E-state index contributed by atoms with van der Waals surface area (Å²) in [5.41, 5.74) is 2.23. The van der Waals surface area contributed by atoms with Gasteiger partial charge in [-0.1, -0.05) is 19.1 Å². The lowest BCUT2D eigenvalue weighted by Crippen LogP contribution is -2.32. The van der Waals surface area contributed by atoms with Crippen molar-refractivity contribution in [3.05, 3.63) is 70.4 Å². The number of amides is 1. The van der Waals surface area contributed by atoms with Gasteiger partial charge in [0.05, 0.1) is 25.5 Å². The third-order valence-corrected chi connectivity index (χ3v) is 4.63. The molecule has 0 spiro atoms. The van der Waals surface area contributed by atoms with Crippen LogP contribution in [-0.4, -0.2) is 51.0 Å². The predicted molar refractivity (Wildman–Crippen MR) is 108 cm³/mol. The SMILES string of the molecule is COCCN(C(=O)O)c1cccc([C@@H](C)c2nn(-c3cnn(C)c3)ccc2=O)c1. The summed E-state index contributed by atoms with van der Waals surface area (Å²) in [6.45, 7) is 2.36. The van der Waals surface area contributed by atoms with Crippen LogP contribution in [0.25, 0.3) is 5.69 Å². The van der Waals surface area contributed by atoms with Gasteiger partial charge in [-0.15, -0.1) is 0 Å². The third-order valence-electron chi connectivity index (χ3n) is 4.63. The number of hydrogen-bond acceptors (Lipinski definition) is 5. The molecular weight excluding hydrogens is 374 g/mol. The van der Waals surface area contributed by atoms with E-state index in [4.69, 9.17) is 4.74 Å². The van der Waals surface area contributed by atoms with E-state index in [9.17, 15) is 14.7 Å². The van der Waals surface area contributed by atoms with Crippen molar-refractivity contribution in [2.45, 2.75) is 12.8 Å². The molecule has 0 aliphatic heterocycles. The van der Waals surface area contributed by atoms with E-state index in [1.165, 1.54) is 18.1 Å². The van der Waals surface area contributed by atoms with Gasteiger partial charge >= 0.3 is 6.09 Å². The minimum absolute atomic E-state index is 0.183. The van der Waals surface area contributed by atoms with Gasteiger partial charge in [-0.25, -0.2) is 9.48 Å². The van der Waals surface area contributed by atoms with Gasteiger partial charge in [-0.05, 0) is 17.7 Å². The molecule has 1 atom stereocenters. The largest absolute Gasteiger partial charge is 0.465 e. The first-order chi connectivity index (χ1) is 13.9. The lowest BCUT2D eigenvalue weighted by Gasteiger charge is -2.21. The number of carboxylic acid groups (broad SMARTS) is 1. The maximum atomic E-state index is 12.5. The first-order valence-corrected chi connectivity index (χ1v) is 9.09. The zero-order chi connectivity index (χ0) is 21.0. The van der Waals surface area contributed by atoms with Crippen molar-refractivity contribution >= 4 is 11.8 Å². The fraction of sp³-hybridized carbons (Fsp3) is 0.300. The minimum Gasteiger partial charge on any atom is -0.465 e. The monoisotopic (exact) mass is 397 g/mol. The summed E-state index contributed by atoms with van der Waals surface area (Å²) >= 11 is 0. The maximum Gasteiger partial charge on any atom is 0.411 e. The predicted octanol–water partition coefficient (Wildman–Crippen LogP) is 2.25. The van der Waals surface area contributed by atoms with Crippen LogP contribution in [0.5, 0.6) is 0 Å². The summed E-state index contributed by atoms with van der Waals surface area (Å²) in [6, 6.07) is 8.57. The molecule has 0 radical (unpaired) electrons. The van der Waals surface area contributed by atoms with Crippen LogP contribution in [0.4, 0.5) is 10.5 Å². The molecule has 0 bridgehead atoms. The average Bonchev–Trinajstić information content (AvgIpc) is 3.14. The van der Waals surface area contributed by atoms with Gasteiger partial charge in [0, 0.05) is 38.0 Å². The number of hydrogen-bond donors (Lipinski definition) is 1. The van der Waals surface area contributed by atoms with E-state index in [1.54, 1.807) is 53.2 Å². The van der Waals surface area contributed by atoms with E-state index in [1.807, 2.05) is 13.0 Å². The molecule has 0 saturated carbocycles. The van der Waals surface area contributed by atoms with E-state index in [0.717, 1.165) is 11.3 Å². The van der Waals surface area contributed by atoms with Crippen molar-refractivity contribution in [3.8, 4) is 5.69 Å². The molecule has 2 aromatic heterocycles. The second-order valence-corrected chi connectivity index (χ2v) is 6.63. The Hall–Kier alpha value is -3.46. The van der Waals surface area contributed by atoms with E-state index in [2.05, 4.69) is 10.2 Å². The molecule has 1 aromatic carbocycles.